The first-order chi connectivity index (χ1) is 8.70. The maximum Gasteiger partial charge on any atom is 0.0409 e. The second kappa shape index (κ2) is 6.58. The summed E-state index contributed by atoms with van der Waals surface area (Å²) in [6, 6.07) is 8.81. The monoisotopic (exact) mass is 265 g/mol. The smallest absolute Gasteiger partial charge is 0.0409 e. The number of hydrogen-bond donors (Lipinski definition) is 1. The van der Waals surface area contributed by atoms with E-state index in [1.54, 1.807) is 0 Å². The summed E-state index contributed by atoms with van der Waals surface area (Å²) in [5.41, 5.74) is 1.35. The lowest BCUT2D eigenvalue weighted by Crippen LogP contribution is -2.31. The van der Waals surface area contributed by atoms with E-state index in [1.165, 1.54) is 31.2 Å². The summed E-state index contributed by atoms with van der Waals surface area (Å²) in [6.07, 6.45) is 5.44. The van der Waals surface area contributed by atoms with E-state index < -0.39 is 0 Å². The zero-order valence-electron chi connectivity index (χ0n) is 11.5. The fraction of sp³-hybridized carbons (Fsp3) is 0.625. The molecule has 0 spiro atoms. The molecule has 2 rings (SSSR count). The van der Waals surface area contributed by atoms with Gasteiger partial charge in [-0.2, -0.15) is 0 Å². The van der Waals surface area contributed by atoms with Crippen molar-refractivity contribution in [2.75, 3.05) is 6.54 Å². The molecule has 0 saturated heterocycles. The van der Waals surface area contributed by atoms with Crippen molar-refractivity contribution < 1.29 is 0 Å². The van der Waals surface area contributed by atoms with E-state index in [0.717, 1.165) is 23.4 Å². The minimum absolute atomic E-state index is 0.469. The van der Waals surface area contributed by atoms with Crippen LogP contribution in [0.5, 0.6) is 0 Å². The van der Waals surface area contributed by atoms with Crippen molar-refractivity contribution in [1.29, 1.82) is 0 Å². The molecule has 0 amide bonds. The van der Waals surface area contributed by atoms with Crippen LogP contribution >= 0.6 is 11.6 Å². The summed E-state index contributed by atoms with van der Waals surface area (Å²) in [6.45, 7) is 5.58. The van der Waals surface area contributed by atoms with Gasteiger partial charge >= 0.3 is 0 Å². The van der Waals surface area contributed by atoms with Crippen LogP contribution < -0.4 is 5.32 Å². The Bertz CT molecular complexity index is 377. The molecule has 1 aromatic rings. The van der Waals surface area contributed by atoms with Crippen molar-refractivity contribution in [1.82, 2.24) is 5.32 Å². The van der Waals surface area contributed by atoms with Gasteiger partial charge in [0.15, 0.2) is 0 Å². The van der Waals surface area contributed by atoms with E-state index >= 15 is 0 Å². The van der Waals surface area contributed by atoms with Gasteiger partial charge in [-0.15, -0.1) is 0 Å². The van der Waals surface area contributed by atoms with Gasteiger partial charge in [0.2, 0.25) is 0 Å². The molecule has 0 aromatic heterocycles. The summed E-state index contributed by atoms with van der Waals surface area (Å²) in [5.74, 6) is 1.62. The van der Waals surface area contributed by atoms with Crippen LogP contribution in [0, 0.1) is 11.8 Å². The van der Waals surface area contributed by atoms with Gasteiger partial charge in [-0.05, 0) is 48.9 Å². The third-order valence-electron chi connectivity index (χ3n) is 4.08. The maximum atomic E-state index is 6.13. The van der Waals surface area contributed by atoms with E-state index in [-0.39, 0.29) is 0 Å². The number of halogens is 1. The second-order valence-electron chi connectivity index (χ2n) is 5.62. The molecular weight excluding hydrogens is 242 g/mol. The highest BCUT2D eigenvalue weighted by Crippen LogP contribution is 2.37. The van der Waals surface area contributed by atoms with Crippen LogP contribution in [0.25, 0.3) is 0 Å². The van der Waals surface area contributed by atoms with Gasteiger partial charge in [0.1, 0.15) is 0 Å². The first-order valence-electron chi connectivity index (χ1n) is 7.19. The molecule has 1 fully saturated rings. The fourth-order valence-electron chi connectivity index (χ4n) is 3.26. The molecule has 0 heterocycles. The summed E-state index contributed by atoms with van der Waals surface area (Å²) in [5, 5.41) is 4.50. The molecule has 100 valence electrons. The predicted octanol–water partition coefficient (Wildman–Crippen LogP) is 4.82. The van der Waals surface area contributed by atoms with Gasteiger partial charge in [-0.3, -0.25) is 0 Å². The predicted molar refractivity (Wildman–Crippen MR) is 79.0 cm³/mol. The first kappa shape index (κ1) is 13.9. The molecule has 2 heteroatoms. The second-order valence-corrected chi connectivity index (χ2v) is 6.06. The van der Waals surface area contributed by atoms with Gasteiger partial charge in [-0.25, -0.2) is 0 Å². The standard InChI is InChI=1S/C16H24ClN/c1-3-18-16(13-7-4-6-12(2)10-13)14-8-5-9-15(17)11-14/h5,8-9,11-13,16,18H,3-4,6-7,10H2,1-2H3. The molecule has 0 aliphatic heterocycles. The number of benzene rings is 1. The Kier molecular flexibility index (Phi) is 5.08. The summed E-state index contributed by atoms with van der Waals surface area (Å²) >= 11 is 6.13. The van der Waals surface area contributed by atoms with Gasteiger partial charge in [-0.1, -0.05) is 50.4 Å². The molecule has 1 saturated carbocycles. The Morgan fingerprint density at radius 2 is 2.22 bits per heavy atom. The van der Waals surface area contributed by atoms with E-state index in [0.29, 0.717) is 6.04 Å². The largest absolute Gasteiger partial charge is 0.310 e. The van der Waals surface area contributed by atoms with E-state index in [4.69, 9.17) is 11.6 Å². The zero-order valence-corrected chi connectivity index (χ0v) is 12.2. The van der Waals surface area contributed by atoms with Crippen LogP contribution in [0.4, 0.5) is 0 Å². The lowest BCUT2D eigenvalue weighted by molar-refractivity contribution is 0.225. The number of nitrogens with one attached hydrogen (secondary N) is 1. The third-order valence-corrected chi connectivity index (χ3v) is 4.32. The van der Waals surface area contributed by atoms with Crippen LogP contribution in [0.2, 0.25) is 5.02 Å². The van der Waals surface area contributed by atoms with Gasteiger partial charge < -0.3 is 5.32 Å². The highest BCUT2D eigenvalue weighted by atomic mass is 35.5. The number of rotatable bonds is 4. The molecule has 0 radical (unpaired) electrons. The van der Waals surface area contributed by atoms with Crippen LogP contribution in [0.15, 0.2) is 24.3 Å². The lowest BCUT2D eigenvalue weighted by atomic mass is 9.76. The van der Waals surface area contributed by atoms with Crippen LogP contribution in [0.3, 0.4) is 0 Å². The van der Waals surface area contributed by atoms with Gasteiger partial charge in [0.25, 0.3) is 0 Å². The van der Waals surface area contributed by atoms with Crippen molar-refractivity contribution in [3.63, 3.8) is 0 Å². The highest BCUT2D eigenvalue weighted by Gasteiger charge is 2.27. The third kappa shape index (κ3) is 3.49. The Hall–Kier alpha value is -0.530. The Labute approximate surface area is 116 Å². The minimum Gasteiger partial charge on any atom is -0.310 e. The molecule has 1 N–H and O–H groups in total. The van der Waals surface area contributed by atoms with E-state index in [2.05, 4.69) is 37.4 Å². The molecule has 1 aliphatic carbocycles. The van der Waals surface area contributed by atoms with Crippen LogP contribution in [-0.4, -0.2) is 6.54 Å². The van der Waals surface area contributed by atoms with Crippen molar-refractivity contribution in [2.45, 2.75) is 45.6 Å². The normalized spacial score (nSPS) is 25.9. The first-order valence-corrected chi connectivity index (χ1v) is 7.57. The zero-order chi connectivity index (χ0) is 13.0. The average Bonchev–Trinajstić information content (AvgIpc) is 2.36. The average molecular weight is 266 g/mol. The molecule has 1 nitrogen and oxygen atoms in total. The molecule has 18 heavy (non-hydrogen) atoms. The van der Waals surface area contributed by atoms with Crippen molar-refractivity contribution in [3.8, 4) is 0 Å². The van der Waals surface area contributed by atoms with Gasteiger partial charge in [0, 0.05) is 11.1 Å². The highest BCUT2D eigenvalue weighted by molar-refractivity contribution is 6.30. The molecule has 3 atom stereocenters. The SMILES string of the molecule is CCNC(c1cccc(Cl)c1)C1CCCC(C)C1. The van der Waals surface area contributed by atoms with Crippen molar-refractivity contribution >= 4 is 11.6 Å². The lowest BCUT2D eigenvalue weighted by Gasteiger charge is -2.34. The topological polar surface area (TPSA) is 12.0 Å². The molecule has 1 aliphatic rings. The van der Waals surface area contributed by atoms with Crippen LogP contribution in [-0.2, 0) is 0 Å². The van der Waals surface area contributed by atoms with E-state index in [1.807, 2.05) is 6.07 Å². The van der Waals surface area contributed by atoms with E-state index in [9.17, 15) is 0 Å². The Balaban J connectivity index is 2.16. The fourth-order valence-corrected chi connectivity index (χ4v) is 3.46. The van der Waals surface area contributed by atoms with Crippen molar-refractivity contribution in [2.24, 2.45) is 11.8 Å². The summed E-state index contributed by atoms with van der Waals surface area (Å²) < 4.78 is 0. The molecule has 0 bridgehead atoms. The Morgan fingerprint density at radius 1 is 1.39 bits per heavy atom. The van der Waals surface area contributed by atoms with Crippen molar-refractivity contribution in [3.05, 3.63) is 34.9 Å². The Morgan fingerprint density at radius 3 is 2.89 bits per heavy atom. The minimum atomic E-state index is 0.469. The number of hydrogen-bond acceptors (Lipinski definition) is 1. The summed E-state index contributed by atoms with van der Waals surface area (Å²) in [4.78, 5) is 0. The molecular formula is C16H24ClN. The quantitative estimate of drug-likeness (QED) is 0.823. The van der Waals surface area contributed by atoms with Gasteiger partial charge in [0.05, 0.1) is 0 Å². The summed E-state index contributed by atoms with van der Waals surface area (Å²) in [7, 11) is 0. The van der Waals surface area contributed by atoms with Crippen LogP contribution in [0.1, 0.15) is 51.1 Å². The molecule has 1 aromatic carbocycles. The molecule has 3 unspecified atom stereocenters. The maximum absolute atomic E-state index is 6.13.